The lowest BCUT2D eigenvalue weighted by atomic mass is 10.1. The summed E-state index contributed by atoms with van der Waals surface area (Å²) in [6.07, 6.45) is 1.02. The smallest absolute Gasteiger partial charge is 0.190 e. The predicted molar refractivity (Wildman–Crippen MR) is 103 cm³/mol. The minimum absolute atomic E-state index is 0.0858. The molecule has 0 aromatic carbocycles. The maximum atomic E-state index is 6.07. The van der Waals surface area contributed by atoms with E-state index in [1.54, 1.807) is 0 Å². The van der Waals surface area contributed by atoms with Gasteiger partial charge in [0.05, 0.1) is 26.4 Å². The molecule has 0 radical (unpaired) electrons. The van der Waals surface area contributed by atoms with Crippen molar-refractivity contribution in [3.63, 3.8) is 0 Å². The highest BCUT2D eigenvalue weighted by Gasteiger charge is 2.56. The van der Waals surface area contributed by atoms with Crippen molar-refractivity contribution in [1.82, 2.24) is 0 Å². The molecule has 0 aromatic heterocycles. The fourth-order valence-corrected chi connectivity index (χ4v) is 4.62. The maximum absolute atomic E-state index is 6.07. The van der Waals surface area contributed by atoms with Gasteiger partial charge in [-0.1, -0.05) is 12.2 Å². The topological polar surface area (TPSA) is 92.3 Å². The molecular weight excluding hydrogens is 412 g/mol. The van der Waals surface area contributed by atoms with E-state index in [-0.39, 0.29) is 43.4 Å². The molecule has 0 unspecified atom stereocenters. The number of ether oxygens (including phenoxy) is 10. The average molecular weight is 444 g/mol. The van der Waals surface area contributed by atoms with E-state index in [0.717, 1.165) is 0 Å². The predicted octanol–water partition coefficient (Wildman–Crippen LogP) is 1.07. The van der Waals surface area contributed by atoms with E-state index in [1.165, 1.54) is 0 Å². The van der Waals surface area contributed by atoms with Crippen LogP contribution in [-0.4, -0.2) is 94.0 Å². The van der Waals surface area contributed by atoms with E-state index in [1.807, 2.05) is 39.8 Å². The van der Waals surface area contributed by atoms with Crippen LogP contribution in [0.3, 0.4) is 0 Å². The SMILES string of the molecule is CC1(C)O[C@H]2O[C@@H]3COCOC[C@H]4O[C@@H]5OC(C)(C)O[C@@H]5[C@H]4OC/C=C/CO[C@@H]3[C@H]2O1. The van der Waals surface area contributed by atoms with Crippen LogP contribution in [0.25, 0.3) is 0 Å². The van der Waals surface area contributed by atoms with Gasteiger partial charge in [-0.3, -0.25) is 0 Å². The Bertz CT molecular complexity index is 613. The quantitative estimate of drug-likeness (QED) is 0.505. The molecule has 10 nitrogen and oxygen atoms in total. The van der Waals surface area contributed by atoms with Gasteiger partial charge >= 0.3 is 0 Å². The van der Waals surface area contributed by atoms with Crippen molar-refractivity contribution >= 4 is 0 Å². The van der Waals surface area contributed by atoms with Crippen molar-refractivity contribution in [2.45, 2.75) is 88.5 Å². The molecule has 0 spiro atoms. The van der Waals surface area contributed by atoms with Crippen LogP contribution in [0.4, 0.5) is 0 Å². The van der Waals surface area contributed by atoms with Gasteiger partial charge < -0.3 is 47.4 Å². The summed E-state index contributed by atoms with van der Waals surface area (Å²) in [6, 6.07) is 0. The van der Waals surface area contributed by atoms with Gasteiger partial charge in [0.25, 0.3) is 0 Å². The molecule has 0 aliphatic carbocycles. The van der Waals surface area contributed by atoms with Gasteiger partial charge in [-0.15, -0.1) is 0 Å². The number of hydrogen-bond donors (Lipinski definition) is 0. The summed E-state index contributed by atoms with van der Waals surface area (Å²) in [6.45, 7) is 8.91. The van der Waals surface area contributed by atoms with E-state index in [2.05, 4.69) is 0 Å². The lowest BCUT2D eigenvalue weighted by Crippen LogP contribution is -2.39. The average Bonchev–Trinajstić information content (AvgIpc) is 3.33. The van der Waals surface area contributed by atoms with E-state index in [0.29, 0.717) is 26.4 Å². The van der Waals surface area contributed by atoms with Crippen molar-refractivity contribution in [3.05, 3.63) is 12.2 Å². The van der Waals surface area contributed by atoms with Crippen LogP contribution in [0.2, 0.25) is 0 Å². The van der Waals surface area contributed by atoms with Gasteiger partial charge in [-0.25, -0.2) is 0 Å². The van der Waals surface area contributed by atoms with Crippen LogP contribution < -0.4 is 0 Å². The summed E-state index contributed by atoms with van der Waals surface area (Å²) >= 11 is 0. The van der Waals surface area contributed by atoms with Crippen LogP contribution in [0, 0.1) is 0 Å². The van der Waals surface area contributed by atoms with Crippen LogP contribution in [0.5, 0.6) is 0 Å². The Morgan fingerprint density at radius 2 is 1.06 bits per heavy atom. The zero-order valence-electron chi connectivity index (χ0n) is 18.4. The summed E-state index contributed by atoms with van der Waals surface area (Å²) in [5.41, 5.74) is 0. The normalized spacial score (nSPS) is 48.1. The third-order valence-corrected chi connectivity index (χ3v) is 5.84. The molecule has 5 aliphatic rings. The van der Waals surface area contributed by atoms with Gasteiger partial charge in [-0.2, -0.15) is 0 Å². The van der Waals surface area contributed by atoms with Gasteiger partial charge in [0, 0.05) is 0 Å². The Kier molecular flexibility index (Phi) is 6.15. The first-order valence-electron chi connectivity index (χ1n) is 10.9. The van der Waals surface area contributed by atoms with Gasteiger partial charge in [0.1, 0.15) is 43.4 Å². The number of fused-ring (bicyclic) bond motifs is 6. The monoisotopic (exact) mass is 444 g/mol. The summed E-state index contributed by atoms with van der Waals surface area (Å²) in [5, 5.41) is 0. The molecule has 10 heteroatoms. The van der Waals surface area contributed by atoms with Crippen molar-refractivity contribution in [3.8, 4) is 0 Å². The molecule has 0 bridgehead atoms. The van der Waals surface area contributed by atoms with Crippen molar-refractivity contribution < 1.29 is 47.4 Å². The molecule has 5 aliphatic heterocycles. The second-order valence-electron chi connectivity index (χ2n) is 9.21. The zero-order chi connectivity index (χ0) is 21.6. The second-order valence-corrected chi connectivity index (χ2v) is 9.21. The van der Waals surface area contributed by atoms with Gasteiger partial charge in [-0.05, 0) is 27.7 Å². The largest absolute Gasteiger partial charge is 0.368 e. The summed E-state index contributed by atoms with van der Waals surface area (Å²) in [5.74, 6) is -1.41. The van der Waals surface area contributed by atoms with Crippen molar-refractivity contribution in [2.24, 2.45) is 0 Å². The number of rotatable bonds is 0. The van der Waals surface area contributed by atoms with Crippen LogP contribution >= 0.6 is 0 Å². The molecule has 8 atom stereocenters. The molecule has 4 saturated heterocycles. The van der Waals surface area contributed by atoms with Crippen LogP contribution in [-0.2, 0) is 47.4 Å². The molecule has 5 heterocycles. The molecule has 4 fully saturated rings. The highest BCUT2D eigenvalue weighted by atomic mass is 16.9. The zero-order valence-corrected chi connectivity index (χ0v) is 18.4. The van der Waals surface area contributed by atoms with Crippen molar-refractivity contribution in [1.29, 1.82) is 0 Å². The Morgan fingerprint density at radius 3 is 1.52 bits per heavy atom. The molecule has 31 heavy (non-hydrogen) atoms. The van der Waals surface area contributed by atoms with Gasteiger partial charge in [0.15, 0.2) is 24.2 Å². The Hall–Kier alpha value is -0.660. The lowest BCUT2D eigenvalue weighted by Gasteiger charge is -2.26. The summed E-state index contributed by atoms with van der Waals surface area (Å²) < 4.78 is 59.1. The number of hydrogen-bond acceptors (Lipinski definition) is 10. The third-order valence-electron chi connectivity index (χ3n) is 5.84. The Morgan fingerprint density at radius 1 is 0.613 bits per heavy atom. The molecule has 0 N–H and O–H groups in total. The fraction of sp³-hybridized carbons (Fsp3) is 0.905. The van der Waals surface area contributed by atoms with Crippen molar-refractivity contribution in [2.75, 3.05) is 33.2 Å². The summed E-state index contributed by atoms with van der Waals surface area (Å²) in [4.78, 5) is 0. The first-order valence-corrected chi connectivity index (χ1v) is 10.9. The maximum Gasteiger partial charge on any atom is 0.190 e. The fourth-order valence-electron chi connectivity index (χ4n) is 4.62. The molecular formula is C21H32O10. The highest BCUT2D eigenvalue weighted by molar-refractivity contribution is 4.97. The van der Waals surface area contributed by atoms with Crippen LogP contribution in [0.15, 0.2) is 12.2 Å². The minimum atomic E-state index is -0.704. The Labute approximate surface area is 181 Å². The van der Waals surface area contributed by atoms with E-state index < -0.39 is 24.2 Å². The first kappa shape index (κ1) is 22.1. The third kappa shape index (κ3) is 4.70. The molecule has 5 rings (SSSR count). The van der Waals surface area contributed by atoms with Gasteiger partial charge in [0.2, 0.25) is 0 Å². The second kappa shape index (κ2) is 8.60. The molecule has 0 saturated carbocycles. The minimum Gasteiger partial charge on any atom is -0.368 e. The lowest BCUT2D eigenvalue weighted by molar-refractivity contribution is -0.232. The molecule has 0 aromatic rings. The standard InChI is InChI=1S/C21H32O10/c1-20(2)28-16-14-12(26-18(16)30-20)9-22-11-23-10-13-15(25-8-6-5-7-24-14)17-19(27-13)31-21(3,4)29-17/h5-6,12-19H,7-11H2,1-4H3/b6-5+/t12-,13-,14+,15+,16-,17-,18-,19-/m1/s1. The highest BCUT2D eigenvalue weighted by Crippen LogP contribution is 2.40. The van der Waals surface area contributed by atoms with Crippen LogP contribution in [0.1, 0.15) is 27.7 Å². The van der Waals surface area contributed by atoms with E-state index in [4.69, 9.17) is 47.4 Å². The van der Waals surface area contributed by atoms with E-state index >= 15 is 0 Å². The molecule has 0 amide bonds. The summed E-state index contributed by atoms with van der Waals surface area (Å²) in [7, 11) is 0. The first-order chi connectivity index (χ1) is 14.8. The Balaban J connectivity index is 1.22. The molecule has 176 valence electrons. The van der Waals surface area contributed by atoms with E-state index in [9.17, 15) is 0 Å².